The first-order valence-electron chi connectivity index (χ1n) is 8.58. The van der Waals surface area contributed by atoms with Crippen LogP contribution in [-0.2, 0) is 6.61 Å². The number of rotatable bonds is 7. The van der Waals surface area contributed by atoms with Gasteiger partial charge in [0.25, 0.3) is 0 Å². The molecule has 0 N–H and O–H groups in total. The average molecular weight is 400 g/mol. The molecule has 0 atom stereocenters. The highest BCUT2D eigenvalue weighted by molar-refractivity contribution is 6.32. The van der Waals surface area contributed by atoms with E-state index in [4.69, 9.17) is 32.7 Å². The molecule has 138 valence electrons. The van der Waals surface area contributed by atoms with Crippen LogP contribution >= 0.6 is 23.2 Å². The topological polar surface area (TPSA) is 30.8 Å². The highest BCUT2D eigenvalue weighted by Crippen LogP contribution is 2.27. The number of benzene rings is 3. The van der Waals surface area contributed by atoms with Crippen molar-refractivity contribution in [1.29, 1.82) is 0 Å². The zero-order valence-corrected chi connectivity index (χ0v) is 16.4. The van der Waals surface area contributed by atoms with E-state index in [1.807, 2.05) is 73.7 Å². The molecule has 0 saturated heterocycles. The summed E-state index contributed by atoms with van der Waals surface area (Å²) in [5, 5.41) is 1.20. The summed E-state index contributed by atoms with van der Waals surface area (Å²) >= 11 is 12.5. The molecule has 0 heterocycles. The molecule has 3 nitrogen and oxygen atoms in total. The Labute approximate surface area is 169 Å². The molecule has 0 aliphatic rings. The third kappa shape index (κ3) is 5.49. The Morgan fingerprint density at radius 1 is 0.889 bits per heavy atom. The summed E-state index contributed by atoms with van der Waals surface area (Å²) in [7, 11) is 0. The maximum atomic E-state index is 6.34. The highest BCUT2D eigenvalue weighted by atomic mass is 35.5. The van der Waals surface area contributed by atoms with E-state index in [0.717, 1.165) is 22.6 Å². The number of hydrogen-bond donors (Lipinski definition) is 0. The Bertz CT molecular complexity index is 924. The number of hydrogen-bond acceptors (Lipinski definition) is 3. The summed E-state index contributed by atoms with van der Waals surface area (Å²) in [4.78, 5) is 4.46. The largest absolute Gasteiger partial charge is 0.494 e. The first kappa shape index (κ1) is 19.3. The Balaban J connectivity index is 1.64. The molecule has 5 heteroatoms. The Morgan fingerprint density at radius 2 is 1.67 bits per heavy atom. The van der Waals surface area contributed by atoms with Crippen LogP contribution in [0.4, 0.5) is 5.69 Å². The van der Waals surface area contributed by atoms with E-state index in [1.165, 1.54) is 0 Å². The molecule has 0 unspecified atom stereocenters. The lowest BCUT2D eigenvalue weighted by Gasteiger charge is -2.09. The second-order valence-corrected chi connectivity index (χ2v) is 6.57. The van der Waals surface area contributed by atoms with Gasteiger partial charge in [-0.15, -0.1) is 0 Å². The first-order valence-corrected chi connectivity index (χ1v) is 9.34. The first-order chi connectivity index (χ1) is 13.2. The zero-order valence-electron chi connectivity index (χ0n) is 14.9. The van der Waals surface area contributed by atoms with Crippen LogP contribution in [0.5, 0.6) is 11.5 Å². The molecule has 0 spiro atoms. The van der Waals surface area contributed by atoms with Gasteiger partial charge in [-0.2, -0.15) is 0 Å². The second-order valence-electron chi connectivity index (χ2n) is 5.76. The van der Waals surface area contributed by atoms with Crippen molar-refractivity contribution in [2.24, 2.45) is 4.99 Å². The lowest BCUT2D eigenvalue weighted by molar-refractivity contribution is 0.306. The van der Waals surface area contributed by atoms with Gasteiger partial charge in [-0.25, -0.2) is 0 Å². The van der Waals surface area contributed by atoms with Crippen LogP contribution in [0.25, 0.3) is 0 Å². The van der Waals surface area contributed by atoms with Gasteiger partial charge in [0.05, 0.1) is 17.3 Å². The van der Waals surface area contributed by atoms with Crippen molar-refractivity contribution in [2.75, 3.05) is 6.61 Å². The molecule has 0 fully saturated rings. The molecule has 3 aromatic carbocycles. The summed E-state index contributed by atoms with van der Waals surface area (Å²) in [5.74, 6) is 1.44. The van der Waals surface area contributed by atoms with E-state index >= 15 is 0 Å². The number of ether oxygens (including phenoxy) is 2. The van der Waals surface area contributed by atoms with Crippen LogP contribution in [0.3, 0.4) is 0 Å². The van der Waals surface area contributed by atoms with Crippen molar-refractivity contribution in [3.63, 3.8) is 0 Å². The molecule has 0 amide bonds. The highest BCUT2D eigenvalue weighted by Gasteiger charge is 2.05. The molecule has 27 heavy (non-hydrogen) atoms. The molecule has 0 radical (unpaired) electrons. The summed E-state index contributed by atoms with van der Waals surface area (Å²) in [6, 6.07) is 20.7. The van der Waals surface area contributed by atoms with Gasteiger partial charge in [-0.3, -0.25) is 4.99 Å². The van der Waals surface area contributed by atoms with Crippen molar-refractivity contribution in [3.8, 4) is 11.5 Å². The van der Waals surface area contributed by atoms with Crippen LogP contribution in [0, 0.1) is 0 Å². The molecule has 0 saturated carbocycles. The summed E-state index contributed by atoms with van der Waals surface area (Å²) in [5.41, 5.74) is 2.64. The third-order valence-corrected chi connectivity index (χ3v) is 4.47. The quantitative estimate of drug-likeness (QED) is 0.412. The molecular formula is C22H19Cl2NO2. The number of aliphatic imine (C=N–C) groups is 1. The maximum Gasteiger partial charge on any atom is 0.138 e. The van der Waals surface area contributed by atoms with Crippen LogP contribution in [0.2, 0.25) is 10.0 Å². The van der Waals surface area contributed by atoms with E-state index in [0.29, 0.717) is 29.0 Å². The molecule has 3 rings (SSSR count). The second kappa shape index (κ2) is 9.45. The molecular weight excluding hydrogens is 381 g/mol. The monoisotopic (exact) mass is 399 g/mol. The van der Waals surface area contributed by atoms with Gasteiger partial charge in [-0.1, -0.05) is 41.4 Å². The van der Waals surface area contributed by atoms with E-state index in [2.05, 4.69) is 4.99 Å². The fraction of sp³-hybridized carbons (Fsp3) is 0.136. The van der Waals surface area contributed by atoms with Gasteiger partial charge in [-0.05, 0) is 61.0 Å². The Kier molecular flexibility index (Phi) is 6.74. The minimum Gasteiger partial charge on any atom is -0.494 e. The van der Waals surface area contributed by atoms with Crippen molar-refractivity contribution in [1.82, 2.24) is 0 Å². The van der Waals surface area contributed by atoms with E-state index in [-0.39, 0.29) is 0 Å². The Hall–Kier alpha value is -2.49. The number of halogens is 2. The minimum atomic E-state index is 0.360. The van der Waals surface area contributed by atoms with Crippen molar-refractivity contribution in [2.45, 2.75) is 13.5 Å². The number of nitrogens with zero attached hydrogens (tertiary/aromatic N) is 1. The van der Waals surface area contributed by atoms with Crippen LogP contribution in [0.15, 0.2) is 71.7 Å². The molecule has 3 aromatic rings. The predicted molar refractivity (Wildman–Crippen MR) is 112 cm³/mol. The standard InChI is InChI=1S/C22H19Cl2NO2/c1-2-26-19-10-8-18(9-11-19)25-14-16-7-12-22(21(24)13-16)27-15-17-5-3-4-6-20(17)23/h3-14H,2,15H2,1H3. The smallest absolute Gasteiger partial charge is 0.138 e. The lowest BCUT2D eigenvalue weighted by Crippen LogP contribution is -1.97. The van der Waals surface area contributed by atoms with Crippen LogP contribution in [-0.4, -0.2) is 12.8 Å². The lowest BCUT2D eigenvalue weighted by atomic mass is 10.2. The fourth-order valence-electron chi connectivity index (χ4n) is 2.43. The van der Waals surface area contributed by atoms with Crippen molar-refractivity contribution in [3.05, 3.63) is 87.9 Å². The SMILES string of the molecule is CCOc1ccc(N=Cc2ccc(OCc3ccccc3Cl)c(Cl)c2)cc1. The van der Waals surface area contributed by atoms with Crippen LogP contribution < -0.4 is 9.47 Å². The maximum absolute atomic E-state index is 6.34. The predicted octanol–water partition coefficient (Wildman–Crippen LogP) is 6.72. The molecule has 0 aliphatic carbocycles. The summed E-state index contributed by atoms with van der Waals surface area (Å²) in [6.45, 7) is 2.96. The van der Waals surface area contributed by atoms with Gasteiger partial charge in [0.15, 0.2) is 0 Å². The van der Waals surface area contributed by atoms with Gasteiger partial charge in [0, 0.05) is 16.8 Å². The van der Waals surface area contributed by atoms with Gasteiger partial charge >= 0.3 is 0 Å². The van der Waals surface area contributed by atoms with Crippen molar-refractivity contribution < 1.29 is 9.47 Å². The van der Waals surface area contributed by atoms with Gasteiger partial charge < -0.3 is 9.47 Å². The van der Waals surface area contributed by atoms with Crippen LogP contribution in [0.1, 0.15) is 18.1 Å². The third-order valence-electron chi connectivity index (χ3n) is 3.81. The summed E-state index contributed by atoms with van der Waals surface area (Å²) in [6.07, 6.45) is 1.76. The average Bonchev–Trinajstić information content (AvgIpc) is 2.68. The fourth-order valence-corrected chi connectivity index (χ4v) is 2.86. The Morgan fingerprint density at radius 3 is 2.37 bits per heavy atom. The van der Waals surface area contributed by atoms with E-state index < -0.39 is 0 Å². The van der Waals surface area contributed by atoms with Crippen molar-refractivity contribution >= 4 is 35.1 Å². The zero-order chi connectivity index (χ0) is 19.1. The molecule has 0 bridgehead atoms. The minimum absolute atomic E-state index is 0.360. The molecule has 0 aliphatic heterocycles. The van der Waals surface area contributed by atoms with Gasteiger partial charge in [0.2, 0.25) is 0 Å². The normalized spacial score (nSPS) is 10.9. The van der Waals surface area contributed by atoms with E-state index in [1.54, 1.807) is 6.21 Å². The van der Waals surface area contributed by atoms with Gasteiger partial charge in [0.1, 0.15) is 18.1 Å². The summed E-state index contributed by atoms with van der Waals surface area (Å²) < 4.78 is 11.2. The molecule has 0 aromatic heterocycles. The van der Waals surface area contributed by atoms with E-state index in [9.17, 15) is 0 Å².